The fraction of sp³-hybridized carbons (Fsp3) is 0.350. The van der Waals surface area contributed by atoms with Gasteiger partial charge in [0.1, 0.15) is 5.50 Å². The molecule has 1 aliphatic carbocycles. The van der Waals surface area contributed by atoms with Crippen LogP contribution in [0.1, 0.15) is 35.1 Å². The highest BCUT2D eigenvalue weighted by Crippen LogP contribution is 2.39. The van der Waals surface area contributed by atoms with E-state index < -0.39 is 5.54 Å². The Hall–Kier alpha value is -1.30. The molecule has 25 heavy (non-hydrogen) atoms. The number of hydrogen-bond donors (Lipinski definition) is 2. The second-order valence-corrected chi connectivity index (χ2v) is 8.29. The topological polar surface area (TPSA) is 32.3 Å². The summed E-state index contributed by atoms with van der Waals surface area (Å²) < 4.78 is 0.960. The van der Waals surface area contributed by atoms with Crippen LogP contribution in [0.4, 0.5) is 0 Å². The van der Waals surface area contributed by atoms with Crippen LogP contribution in [0.2, 0.25) is 0 Å². The zero-order valence-electron chi connectivity index (χ0n) is 14.1. The average Bonchev–Trinajstić information content (AvgIpc) is 2.86. The highest BCUT2D eigenvalue weighted by atomic mass is 79.9. The number of carbonyl (C=O) groups is 1. The Morgan fingerprint density at radius 3 is 2.52 bits per heavy atom. The lowest BCUT2D eigenvalue weighted by atomic mass is 9.79. The van der Waals surface area contributed by atoms with Gasteiger partial charge in [0.05, 0.1) is 0 Å². The maximum Gasteiger partial charge on any atom is 0.253 e. The minimum atomic E-state index is -0.891. The van der Waals surface area contributed by atoms with Gasteiger partial charge in [0.25, 0.3) is 5.91 Å². The molecule has 1 aliphatic heterocycles. The molecule has 1 amide bonds. The van der Waals surface area contributed by atoms with Crippen molar-refractivity contribution < 1.29 is 4.79 Å². The van der Waals surface area contributed by atoms with Gasteiger partial charge in [-0.3, -0.25) is 10.1 Å². The van der Waals surface area contributed by atoms with Gasteiger partial charge in [-0.15, -0.1) is 12.6 Å². The minimum absolute atomic E-state index is 0.0290. The molecule has 0 bridgehead atoms. The number of carbonyl (C=O) groups excluding carboxylic acids is 1. The van der Waals surface area contributed by atoms with E-state index in [0.29, 0.717) is 0 Å². The summed E-state index contributed by atoms with van der Waals surface area (Å²) in [5.74, 6) is 0.0290. The van der Waals surface area contributed by atoms with E-state index in [1.54, 1.807) is 11.9 Å². The van der Waals surface area contributed by atoms with E-state index >= 15 is 0 Å². The van der Waals surface area contributed by atoms with Gasteiger partial charge in [0, 0.05) is 11.5 Å². The molecule has 1 fully saturated rings. The molecule has 1 saturated heterocycles. The number of rotatable bonds is 2. The average molecular weight is 417 g/mol. The molecule has 1 heterocycles. The summed E-state index contributed by atoms with van der Waals surface area (Å²) in [7, 11) is 1.80. The van der Waals surface area contributed by atoms with Crippen molar-refractivity contribution >= 4 is 34.5 Å². The van der Waals surface area contributed by atoms with Crippen molar-refractivity contribution in [3.63, 3.8) is 0 Å². The Balaban J connectivity index is 1.91. The lowest BCUT2D eigenvalue weighted by molar-refractivity contribution is -0.130. The number of likely N-dealkylation sites (N-methyl/N-ethyl adjacent to an activating group) is 1. The summed E-state index contributed by atoms with van der Waals surface area (Å²) in [5, 5.41) is 3.45. The third kappa shape index (κ3) is 2.73. The van der Waals surface area contributed by atoms with Crippen molar-refractivity contribution in [2.75, 3.05) is 7.05 Å². The summed E-state index contributed by atoms with van der Waals surface area (Å²) >= 11 is 8.11. The largest absolute Gasteiger partial charge is 0.319 e. The van der Waals surface area contributed by atoms with Crippen molar-refractivity contribution in [3.8, 4) is 0 Å². The molecule has 0 saturated carbocycles. The Bertz CT molecular complexity index is 840. The van der Waals surface area contributed by atoms with E-state index in [2.05, 4.69) is 52.1 Å². The zero-order valence-corrected chi connectivity index (χ0v) is 16.6. The normalized spacial score (nSPS) is 26.0. The summed E-state index contributed by atoms with van der Waals surface area (Å²) in [5.41, 5.74) is 3.52. The first-order chi connectivity index (χ1) is 12.0. The summed E-state index contributed by atoms with van der Waals surface area (Å²) in [6.07, 6.45) is 4.70. The molecule has 130 valence electrons. The first kappa shape index (κ1) is 17.1. The van der Waals surface area contributed by atoms with E-state index in [0.717, 1.165) is 28.4 Å². The highest BCUT2D eigenvalue weighted by Gasteiger charge is 2.51. The van der Waals surface area contributed by atoms with E-state index in [9.17, 15) is 4.79 Å². The van der Waals surface area contributed by atoms with E-state index in [-0.39, 0.29) is 11.4 Å². The molecule has 2 aromatic carbocycles. The Labute approximate surface area is 162 Å². The molecule has 5 heteroatoms. The number of nitrogens with zero attached hydrogens (tertiary/aromatic N) is 1. The van der Waals surface area contributed by atoms with Crippen LogP contribution in [-0.2, 0) is 23.2 Å². The smallest absolute Gasteiger partial charge is 0.253 e. The molecule has 1 N–H and O–H groups in total. The predicted molar refractivity (Wildman–Crippen MR) is 107 cm³/mol. The lowest BCUT2D eigenvalue weighted by Gasteiger charge is -2.30. The van der Waals surface area contributed by atoms with Crippen LogP contribution in [0, 0.1) is 0 Å². The molecule has 2 aromatic rings. The van der Waals surface area contributed by atoms with Crippen LogP contribution in [0.25, 0.3) is 0 Å². The van der Waals surface area contributed by atoms with Crippen molar-refractivity contribution in [1.82, 2.24) is 10.2 Å². The van der Waals surface area contributed by atoms with Crippen LogP contribution in [0.5, 0.6) is 0 Å². The Morgan fingerprint density at radius 1 is 1.12 bits per heavy atom. The Kier molecular flexibility index (Phi) is 4.42. The maximum atomic E-state index is 13.3. The maximum absolute atomic E-state index is 13.3. The fourth-order valence-electron chi connectivity index (χ4n) is 4.00. The molecular weight excluding hydrogens is 396 g/mol. The quantitative estimate of drug-likeness (QED) is 0.728. The number of aryl methyl sites for hydroxylation is 2. The molecule has 0 spiro atoms. The van der Waals surface area contributed by atoms with E-state index in [4.69, 9.17) is 0 Å². The monoisotopic (exact) mass is 416 g/mol. The molecular formula is C20H21BrN2OS. The van der Waals surface area contributed by atoms with Crippen molar-refractivity contribution in [1.29, 1.82) is 0 Å². The standard InChI is InChI=1S/C20H21BrN2OS/c1-23-18(24)20(22-19(23)25,15-7-4-8-17(21)12-15)16-10-9-13-5-2-3-6-14(13)11-16/h4,7-12,19,22,25H,2-3,5-6H2,1H3. The molecule has 2 atom stereocenters. The van der Waals surface area contributed by atoms with Gasteiger partial charge in [-0.1, -0.05) is 46.3 Å². The Morgan fingerprint density at radius 2 is 1.84 bits per heavy atom. The van der Waals surface area contributed by atoms with Gasteiger partial charge in [0.15, 0.2) is 5.54 Å². The first-order valence-electron chi connectivity index (χ1n) is 8.64. The third-order valence-electron chi connectivity index (χ3n) is 5.39. The van der Waals surface area contributed by atoms with Crippen LogP contribution >= 0.6 is 28.6 Å². The number of halogens is 1. The van der Waals surface area contributed by atoms with Crippen LogP contribution in [0.15, 0.2) is 46.9 Å². The summed E-state index contributed by atoms with van der Waals surface area (Å²) in [6, 6.07) is 14.5. The molecule has 2 aliphatic rings. The number of hydrogen-bond acceptors (Lipinski definition) is 3. The van der Waals surface area contributed by atoms with Gasteiger partial charge >= 0.3 is 0 Å². The van der Waals surface area contributed by atoms with Crippen molar-refractivity contribution in [2.24, 2.45) is 0 Å². The molecule has 4 rings (SSSR count). The van der Waals surface area contributed by atoms with Gasteiger partial charge in [-0.2, -0.15) is 0 Å². The highest BCUT2D eigenvalue weighted by molar-refractivity contribution is 9.10. The first-order valence-corrected chi connectivity index (χ1v) is 9.94. The summed E-state index contributed by atoms with van der Waals surface area (Å²) in [4.78, 5) is 15.0. The van der Waals surface area contributed by atoms with Crippen LogP contribution in [0.3, 0.4) is 0 Å². The second kappa shape index (κ2) is 6.45. The zero-order chi connectivity index (χ0) is 17.6. The van der Waals surface area contributed by atoms with E-state index in [1.165, 1.54) is 24.0 Å². The molecule has 0 radical (unpaired) electrons. The third-order valence-corrected chi connectivity index (χ3v) is 6.36. The van der Waals surface area contributed by atoms with Crippen LogP contribution < -0.4 is 5.32 Å². The van der Waals surface area contributed by atoms with Crippen LogP contribution in [-0.4, -0.2) is 23.4 Å². The number of thiol groups is 1. The van der Waals surface area contributed by atoms with Gasteiger partial charge < -0.3 is 4.90 Å². The molecule has 3 nitrogen and oxygen atoms in total. The second-order valence-electron chi connectivity index (χ2n) is 6.89. The van der Waals surface area contributed by atoms with Crippen molar-refractivity contribution in [3.05, 3.63) is 69.2 Å². The molecule has 2 unspecified atom stereocenters. The van der Waals surface area contributed by atoms with Crippen molar-refractivity contribution in [2.45, 2.75) is 36.7 Å². The van der Waals surface area contributed by atoms with Gasteiger partial charge in [0.2, 0.25) is 0 Å². The lowest BCUT2D eigenvalue weighted by Crippen LogP contribution is -2.45. The minimum Gasteiger partial charge on any atom is -0.319 e. The van der Waals surface area contributed by atoms with Gasteiger partial charge in [-0.05, 0) is 60.1 Å². The number of fused-ring (bicyclic) bond motifs is 1. The van der Waals surface area contributed by atoms with Gasteiger partial charge in [-0.25, -0.2) is 0 Å². The molecule has 0 aromatic heterocycles. The number of amides is 1. The number of nitrogens with one attached hydrogen (secondary N) is 1. The summed E-state index contributed by atoms with van der Waals surface area (Å²) in [6.45, 7) is 0. The fourth-order valence-corrected chi connectivity index (χ4v) is 4.69. The van der Waals surface area contributed by atoms with E-state index in [1.807, 2.05) is 24.3 Å². The number of benzene rings is 2. The predicted octanol–water partition coefficient (Wildman–Crippen LogP) is 3.85. The SMILES string of the molecule is CN1C(=O)C(c2cccc(Br)c2)(c2ccc3c(c2)CCCC3)NC1S.